The number of fused-ring (bicyclic) bond motifs is 1. The number of rotatable bonds is 5. The fraction of sp³-hybridized carbons (Fsp3) is 0.0435. The number of benzene rings is 3. The van der Waals surface area contributed by atoms with Gasteiger partial charge in [0.15, 0.2) is 0 Å². The number of alkyl halides is 3. The average molecular weight is 471 g/mol. The minimum atomic E-state index is -4.56. The second kappa shape index (κ2) is 8.55. The van der Waals surface area contributed by atoms with Gasteiger partial charge in [-0.25, -0.2) is 8.42 Å². The van der Waals surface area contributed by atoms with Gasteiger partial charge in [0.2, 0.25) is 0 Å². The van der Waals surface area contributed by atoms with Crippen LogP contribution in [0.15, 0.2) is 90.0 Å². The number of amides is 1. The lowest BCUT2D eigenvalue weighted by molar-refractivity contribution is -0.137. The van der Waals surface area contributed by atoms with Crippen molar-refractivity contribution in [2.75, 3.05) is 10.0 Å². The summed E-state index contributed by atoms with van der Waals surface area (Å²) in [6, 6.07) is 18.0. The van der Waals surface area contributed by atoms with Crippen LogP contribution in [0.5, 0.6) is 0 Å². The Labute approximate surface area is 187 Å². The van der Waals surface area contributed by atoms with Crippen LogP contribution in [-0.2, 0) is 16.2 Å². The van der Waals surface area contributed by atoms with Gasteiger partial charge in [-0.2, -0.15) is 13.2 Å². The summed E-state index contributed by atoms with van der Waals surface area (Å²) < 4.78 is 67.1. The van der Waals surface area contributed by atoms with Crippen LogP contribution in [0.25, 0.3) is 10.9 Å². The molecule has 168 valence electrons. The number of aromatic nitrogens is 1. The Bertz CT molecular complexity index is 1440. The molecule has 1 aromatic heterocycles. The maximum atomic E-state index is 13.1. The Morgan fingerprint density at radius 2 is 1.64 bits per heavy atom. The maximum Gasteiger partial charge on any atom is 0.416 e. The van der Waals surface area contributed by atoms with Crippen molar-refractivity contribution >= 4 is 38.2 Å². The van der Waals surface area contributed by atoms with Crippen LogP contribution in [0.3, 0.4) is 0 Å². The van der Waals surface area contributed by atoms with E-state index >= 15 is 0 Å². The van der Waals surface area contributed by atoms with E-state index < -0.39 is 27.7 Å². The topological polar surface area (TPSA) is 88.2 Å². The van der Waals surface area contributed by atoms with Crippen LogP contribution in [-0.4, -0.2) is 19.3 Å². The molecular weight excluding hydrogens is 455 g/mol. The van der Waals surface area contributed by atoms with Crippen molar-refractivity contribution in [1.82, 2.24) is 4.98 Å². The number of pyridine rings is 1. The molecular formula is C23H16F3N3O3S. The van der Waals surface area contributed by atoms with Crippen molar-refractivity contribution in [1.29, 1.82) is 0 Å². The monoisotopic (exact) mass is 471 g/mol. The minimum Gasteiger partial charge on any atom is -0.321 e. The number of para-hydroxylation sites is 1. The lowest BCUT2D eigenvalue weighted by Crippen LogP contribution is -2.16. The lowest BCUT2D eigenvalue weighted by Gasteiger charge is -2.12. The molecule has 10 heteroatoms. The number of hydrogen-bond acceptors (Lipinski definition) is 4. The first-order valence-corrected chi connectivity index (χ1v) is 11.1. The number of nitrogens with one attached hydrogen (secondary N) is 2. The molecule has 0 aliphatic rings. The zero-order chi connectivity index (χ0) is 23.6. The Morgan fingerprint density at radius 1 is 0.879 bits per heavy atom. The van der Waals surface area contributed by atoms with Crippen molar-refractivity contribution in [3.05, 3.63) is 96.2 Å². The molecule has 0 unspecified atom stereocenters. The van der Waals surface area contributed by atoms with Gasteiger partial charge in [-0.05, 0) is 54.6 Å². The van der Waals surface area contributed by atoms with Crippen molar-refractivity contribution in [2.45, 2.75) is 11.1 Å². The highest BCUT2D eigenvalue weighted by molar-refractivity contribution is 7.92. The van der Waals surface area contributed by atoms with Gasteiger partial charge in [0.1, 0.15) is 0 Å². The van der Waals surface area contributed by atoms with Crippen LogP contribution >= 0.6 is 0 Å². The Balaban J connectivity index is 1.63. The third-order valence-corrected chi connectivity index (χ3v) is 6.13. The number of nitrogens with zero attached hydrogens (tertiary/aromatic N) is 1. The predicted molar refractivity (Wildman–Crippen MR) is 118 cm³/mol. The summed E-state index contributed by atoms with van der Waals surface area (Å²) in [5.74, 6) is -0.684. The van der Waals surface area contributed by atoms with Crippen molar-refractivity contribution < 1.29 is 26.4 Å². The highest BCUT2D eigenvalue weighted by atomic mass is 32.2. The highest BCUT2D eigenvalue weighted by Crippen LogP contribution is 2.33. The molecule has 33 heavy (non-hydrogen) atoms. The van der Waals surface area contributed by atoms with Crippen molar-refractivity contribution in [3.8, 4) is 0 Å². The molecule has 4 aromatic rings. The fourth-order valence-electron chi connectivity index (χ4n) is 3.15. The van der Waals surface area contributed by atoms with Gasteiger partial charge in [-0.3, -0.25) is 14.5 Å². The molecule has 0 radical (unpaired) electrons. The van der Waals surface area contributed by atoms with E-state index in [9.17, 15) is 26.4 Å². The van der Waals surface area contributed by atoms with Gasteiger partial charge in [0.25, 0.3) is 15.9 Å². The maximum absolute atomic E-state index is 13.1. The molecule has 0 spiro atoms. The van der Waals surface area contributed by atoms with E-state index in [1.807, 2.05) is 0 Å². The molecule has 0 atom stereocenters. The number of carbonyl (C=O) groups is 1. The number of carbonyl (C=O) groups excluding carboxylic acids is 1. The van der Waals surface area contributed by atoms with Crippen LogP contribution in [0.1, 0.15) is 15.9 Å². The zero-order valence-electron chi connectivity index (χ0n) is 16.8. The molecule has 3 aromatic carbocycles. The summed E-state index contributed by atoms with van der Waals surface area (Å²) in [5.41, 5.74) is -0.117. The first-order valence-electron chi connectivity index (χ1n) is 9.59. The largest absolute Gasteiger partial charge is 0.416 e. The molecule has 4 rings (SSSR count). The lowest BCUT2D eigenvalue weighted by atomic mass is 10.1. The summed E-state index contributed by atoms with van der Waals surface area (Å²) in [6.45, 7) is 0. The molecule has 1 amide bonds. The highest BCUT2D eigenvalue weighted by Gasteiger charge is 2.30. The SMILES string of the molecule is O=C(Nc1ccnc2ccc(C(F)(F)F)cc12)c1cccc(S(=O)(=O)Nc2ccccc2)c1. The van der Waals surface area contributed by atoms with Gasteiger partial charge < -0.3 is 5.32 Å². The summed E-state index contributed by atoms with van der Waals surface area (Å²) in [6.07, 6.45) is -3.20. The summed E-state index contributed by atoms with van der Waals surface area (Å²) in [4.78, 5) is 16.7. The Kier molecular flexibility index (Phi) is 5.77. The van der Waals surface area contributed by atoms with Crippen LogP contribution in [0.4, 0.5) is 24.5 Å². The third kappa shape index (κ3) is 4.96. The number of anilines is 2. The zero-order valence-corrected chi connectivity index (χ0v) is 17.6. The van der Waals surface area contributed by atoms with Gasteiger partial charge >= 0.3 is 6.18 Å². The molecule has 0 aliphatic carbocycles. The van der Waals surface area contributed by atoms with Gasteiger partial charge in [-0.1, -0.05) is 24.3 Å². The van der Waals surface area contributed by atoms with E-state index in [4.69, 9.17) is 0 Å². The smallest absolute Gasteiger partial charge is 0.321 e. The third-order valence-electron chi connectivity index (χ3n) is 4.75. The first-order chi connectivity index (χ1) is 15.6. The summed E-state index contributed by atoms with van der Waals surface area (Å²) in [7, 11) is -3.96. The van der Waals surface area contributed by atoms with E-state index in [0.29, 0.717) is 5.69 Å². The Morgan fingerprint density at radius 3 is 2.36 bits per heavy atom. The molecule has 0 fully saturated rings. The van der Waals surface area contributed by atoms with E-state index in [1.165, 1.54) is 42.6 Å². The minimum absolute atomic E-state index is 0.0166. The average Bonchev–Trinajstić information content (AvgIpc) is 2.79. The van der Waals surface area contributed by atoms with Crippen LogP contribution in [0.2, 0.25) is 0 Å². The van der Waals surface area contributed by atoms with Crippen LogP contribution < -0.4 is 10.0 Å². The van der Waals surface area contributed by atoms with Crippen LogP contribution in [0, 0.1) is 0 Å². The normalized spacial score (nSPS) is 11.8. The second-order valence-electron chi connectivity index (χ2n) is 7.04. The second-order valence-corrected chi connectivity index (χ2v) is 8.72. The van der Waals surface area contributed by atoms with Gasteiger partial charge in [0, 0.05) is 22.8 Å². The number of halogens is 3. The van der Waals surface area contributed by atoms with Crippen molar-refractivity contribution in [2.24, 2.45) is 0 Å². The molecule has 0 saturated carbocycles. The number of sulfonamides is 1. The predicted octanol–water partition coefficient (Wildman–Crippen LogP) is 5.31. The quantitative estimate of drug-likeness (QED) is 0.413. The van der Waals surface area contributed by atoms with E-state index in [2.05, 4.69) is 15.0 Å². The van der Waals surface area contributed by atoms with E-state index in [1.54, 1.807) is 30.3 Å². The fourth-order valence-corrected chi connectivity index (χ4v) is 4.25. The van der Waals surface area contributed by atoms with Gasteiger partial charge in [0.05, 0.1) is 21.7 Å². The Hall–Kier alpha value is -3.92. The molecule has 0 saturated heterocycles. The van der Waals surface area contributed by atoms with Gasteiger partial charge in [-0.15, -0.1) is 0 Å². The summed E-state index contributed by atoms with van der Waals surface area (Å²) in [5, 5.41) is 2.65. The first kappa shape index (κ1) is 22.3. The summed E-state index contributed by atoms with van der Waals surface area (Å²) >= 11 is 0. The molecule has 6 nitrogen and oxygen atoms in total. The van der Waals surface area contributed by atoms with Crippen molar-refractivity contribution in [3.63, 3.8) is 0 Å². The molecule has 0 bridgehead atoms. The molecule has 2 N–H and O–H groups in total. The van der Waals surface area contributed by atoms with E-state index in [0.717, 1.165) is 12.1 Å². The molecule has 0 aliphatic heterocycles. The number of hydrogen-bond donors (Lipinski definition) is 2. The molecule has 1 heterocycles. The van der Waals surface area contributed by atoms with E-state index in [-0.39, 0.29) is 27.0 Å². The standard InChI is InChI=1S/C23H16F3N3O3S/c24-23(25,26)16-9-10-20-19(14-16)21(11-12-27-20)28-22(30)15-5-4-8-18(13-15)33(31,32)29-17-6-2-1-3-7-17/h1-14,29H,(H,27,28,30).